The second kappa shape index (κ2) is 4.26. The predicted molar refractivity (Wildman–Crippen MR) is 59.5 cm³/mol. The van der Waals surface area contributed by atoms with Gasteiger partial charge in [-0.05, 0) is 30.7 Å². The van der Waals surface area contributed by atoms with Crippen molar-refractivity contribution in [3.63, 3.8) is 0 Å². The highest BCUT2D eigenvalue weighted by molar-refractivity contribution is 5.81. The van der Waals surface area contributed by atoms with E-state index in [1.807, 2.05) is 24.3 Å². The molecule has 0 aliphatic carbocycles. The van der Waals surface area contributed by atoms with Crippen molar-refractivity contribution in [2.75, 3.05) is 6.61 Å². The summed E-state index contributed by atoms with van der Waals surface area (Å²) in [6, 6.07) is 7.54. The first-order valence-corrected chi connectivity index (χ1v) is 5.24. The van der Waals surface area contributed by atoms with E-state index in [9.17, 15) is 5.21 Å². The van der Waals surface area contributed by atoms with Gasteiger partial charge in [0.25, 0.3) is 0 Å². The Hall–Kier alpha value is -1.64. The van der Waals surface area contributed by atoms with Crippen LogP contribution in [0.2, 0.25) is 0 Å². The van der Waals surface area contributed by atoms with Crippen LogP contribution in [-0.4, -0.2) is 16.5 Å². The topological polar surface area (TPSA) is 34.4 Å². The van der Waals surface area contributed by atoms with E-state index in [2.05, 4.69) is 6.92 Å². The average molecular weight is 205 g/mol. The number of aromatic nitrogens is 1. The van der Waals surface area contributed by atoms with Crippen LogP contribution in [0.1, 0.15) is 19.8 Å². The van der Waals surface area contributed by atoms with E-state index in [0.717, 1.165) is 40.8 Å². The molecule has 3 heteroatoms. The molecule has 0 saturated carbocycles. The first-order chi connectivity index (χ1) is 7.31. The van der Waals surface area contributed by atoms with Gasteiger partial charge in [-0.15, -0.1) is 0 Å². The van der Waals surface area contributed by atoms with Gasteiger partial charge in [0.1, 0.15) is 5.75 Å². The number of fused-ring (bicyclic) bond motifs is 1. The molecule has 0 bridgehead atoms. The number of ether oxygens (including phenoxy) is 1. The summed E-state index contributed by atoms with van der Waals surface area (Å²) in [5, 5.41) is 10.4. The maximum atomic E-state index is 9.39. The van der Waals surface area contributed by atoms with Crippen LogP contribution in [0.4, 0.5) is 0 Å². The van der Waals surface area contributed by atoms with E-state index in [-0.39, 0.29) is 0 Å². The van der Waals surface area contributed by atoms with E-state index >= 15 is 0 Å². The van der Waals surface area contributed by atoms with E-state index in [0.29, 0.717) is 0 Å². The van der Waals surface area contributed by atoms with Crippen molar-refractivity contribution in [2.24, 2.45) is 0 Å². The predicted octanol–water partition coefficient (Wildman–Crippen LogP) is 3.06. The van der Waals surface area contributed by atoms with Gasteiger partial charge >= 0.3 is 0 Å². The Labute approximate surface area is 88.9 Å². The van der Waals surface area contributed by atoms with Gasteiger partial charge in [-0.2, -0.15) is 4.73 Å². The van der Waals surface area contributed by atoms with Crippen LogP contribution in [0.3, 0.4) is 0 Å². The largest absolute Gasteiger partial charge is 0.494 e. The highest BCUT2D eigenvalue weighted by Crippen LogP contribution is 2.21. The van der Waals surface area contributed by atoms with Crippen molar-refractivity contribution in [2.45, 2.75) is 19.8 Å². The Kier molecular flexibility index (Phi) is 2.81. The number of rotatable bonds is 4. The van der Waals surface area contributed by atoms with Gasteiger partial charge in [0, 0.05) is 11.6 Å². The quantitative estimate of drug-likeness (QED) is 0.615. The van der Waals surface area contributed by atoms with E-state index in [1.54, 1.807) is 6.20 Å². The molecule has 0 atom stereocenters. The van der Waals surface area contributed by atoms with Crippen LogP contribution in [0.25, 0.3) is 10.9 Å². The third-order valence-electron chi connectivity index (χ3n) is 2.41. The molecule has 0 aliphatic rings. The Morgan fingerprint density at radius 1 is 1.33 bits per heavy atom. The lowest BCUT2D eigenvalue weighted by molar-refractivity contribution is 0.200. The van der Waals surface area contributed by atoms with Gasteiger partial charge in [0.05, 0.1) is 12.1 Å². The Morgan fingerprint density at radius 3 is 3.00 bits per heavy atom. The maximum absolute atomic E-state index is 9.39. The monoisotopic (exact) mass is 205 g/mol. The van der Waals surface area contributed by atoms with E-state index in [1.165, 1.54) is 0 Å². The molecule has 0 unspecified atom stereocenters. The third-order valence-corrected chi connectivity index (χ3v) is 2.41. The van der Waals surface area contributed by atoms with Gasteiger partial charge in [0.2, 0.25) is 0 Å². The summed E-state index contributed by atoms with van der Waals surface area (Å²) in [4.78, 5) is 0. The minimum atomic E-state index is 0.752. The fourth-order valence-electron chi connectivity index (χ4n) is 1.53. The molecule has 0 fully saturated rings. The van der Waals surface area contributed by atoms with Crippen molar-refractivity contribution in [1.29, 1.82) is 0 Å². The van der Waals surface area contributed by atoms with Gasteiger partial charge in [-0.1, -0.05) is 13.3 Å². The molecule has 3 nitrogen and oxygen atoms in total. The smallest absolute Gasteiger partial charge is 0.120 e. The summed E-state index contributed by atoms with van der Waals surface area (Å²) in [6.45, 7) is 2.89. The molecular formula is C12H15NO2. The average Bonchev–Trinajstić information content (AvgIpc) is 2.61. The molecular weight excluding hydrogens is 190 g/mol. The zero-order valence-corrected chi connectivity index (χ0v) is 8.81. The van der Waals surface area contributed by atoms with Crippen molar-refractivity contribution < 1.29 is 9.94 Å². The Morgan fingerprint density at radius 2 is 2.20 bits per heavy atom. The lowest BCUT2D eigenvalue weighted by atomic mass is 10.2. The van der Waals surface area contributed by atoms with Gasteiger partial charge in [0.15, 0.2) is 0 Å². The lowest BCUT2D eigenvalue weighted by Crippen LogP contribution is -1.96. The third kappa shape index (κ3) is 2.06. The van der Waals surface area contributed by atoms with Crippen LogP contribution in [0.15, 0.2) is 30.5 Å². The molecule has 15 heavy (non-hydrogen) atoms. The van der Waals surface area contributed by atoms with E-state index in [4.69, 9.17) is 4.74 Å². The Bertz CT molecular complexity index is 448. The number of nitrogens with zero attached hydrogens (tertiary/aromatic N) is 1. The molecule has 0 amide bonds. The molecule has 0 radical (unpaired) electrons. The van der Waals surface area contributed by atoms with Crippen LogP contribution < -0.4 is 4.74 Å². The van der Waals surface area contributed by atoms with Gasteiger partial charge in [-0.25, -0.2) is 0 Å². The van der Waals surface area contributed by atoms with Crippen molar-refractivity contribution in [3.8, 4) is 5.75 Å². The molecule has 2 rings (SSSR count). The van der Waals surface area contributed by atoms with Crippen LogP contribution in [0, 0.1) is 0 Å². The molecule has 1 N–H and O–H groups in total. The fourth-order valence-corrected chi connectivity index (χ4v) is 1.53. The van der Waals surface area contributed by atoms with Crippen LogP contribution in [-0.2, 0) is 0 Å². The van der Waals surface area contributed by atoms with Gasteiger partial charge in [-0.3, -0.25) is 0 Å². The first kappa shape index (κ1) is 9.90. The summed E-state index contributed by atoms with van der Waals surface area (Å²) in [7, 11) is 0. The van der Waals surface area contributed by atoms with Crippen molar-refractivity contribution in [1.82, 2.24) is 4.73 Å². The SMILES string of the molecule is CCCCOc1ccc2c(ccn2O)c1. The molecule has 0 aliphatic heterocycles. The van der Waals surface area contributed by atoms with E-state index < -0.39 is 0 Å². The summed E-state index contributed by atoms with van der Waals surface area (Å²) in [5.74, 6) is 0.863. The zero-order chi connectivity index (χ0) is 10.7. The van der Waals surface area contributed by atoms with Crippen molar-refractivity contribution >= 4 is 10.9 Å². The summed E-state index contributed by atoms with van der Waals surface area (Å²) < 4.78 is 6.69. The number of benzene rings is 1. The molecule has 1 aromatic heterocycles. The minimum Gasteiger partial charge on any atom is -0.494 e. The highest BCUT2D eigenvalue weighted by atomic mass is 16.5. The zero-order valence-electron chi connectivity index (χ0n) is 8.81. The molecule has 0 spiro atoms. The molecule has 0 saturated heterocycles. The molecule has 80 valence electrons. The highest BCUT2D eigenvalue weighted by Gasteiger charge is 2.01. The molecule has 1 aromatic carbocycles. The van der Waals surface area contributed by atoms with Crippen LogP contribution in [0.5, 0.6) is 5.75 Å². The molecule has 2 aromatic rings. The fraction of sp³-hybridized carbons (Fsp3) is 0.333. The second-order valence-electron chi connectivity index (χ2n) is 3.58. The number of hydrogen-bond acceptors (Lipinski definition) is 2. The number of hydrogen-bond donors (Lipinski definition) is 1. The minimum absolute atomic E-state index is 0.752. The summed E-state index contributed by atoms with van der Waals surface area (Å²) in [6.07, 6.45) is 3.83. The lowest BCUT2D eigenvalue weighted by Gasteiger charge is -2.05. The normalized spacial score (nSPS) is 10.7. The summed E-state index contributed by atoms with van der Waals surface area (Å²) >= 11 is 0. The number of unbranched alkanes of at least 4 members (excludes halogenated alkanes) is 1. The second-order valence-corrected chi connectivity index (χ2v) is 3.58. The molecule has 1 heterocycles. The standard InChI is InChI=1S/C12H15NO2/c1-2-3-8-15-11-4-5-12-10(9-11)6-7-13(12)14/h4-7,9,14H,2-3,8H2,1H3. The first-order valence-electron chi connectivity index (χ1n) is 5.24. The van der Waals surface area contributed by atoms with Crippen molar-refractivity contribution in [3.05, 3.63) is 30.5 Å². The summed E-state index contributed by atoms with van der Waals surface area (Å²) in [5.41, 5.74) is 0.804. The Balaban J connectivity index is 2.16. The van der Waals surface area contributed by atoms with Crippen LogP contribution >= 0.6 is 0 Å². The van der Waals surface area contributed by atoms with Gasteiger partial charge < -0.3 is 9.94 Å². The maximum Gasteiger partial charge on any atom is 0.120 e.